The second-order valence-electron chi connectivity index (χ2n) is 4.07. The Bertz CT molecular complexity index is 341. The third kappa shape index (κ3) is 5.78. The van der Waals surface area contributed by atoms with Crippen molar-refractivity contribution in [3.8, 4) is 6.07 Å². The number of nitriles is 1. The Morgan fingerprint density at radius 2 is 2.18 bits per heavy atom. The third-order valence-corrected chi connectivity index (χ3v) is 3.61. The second kappa shape index (κ2) is 9.12. The van der Waals surface area contributed by atoms with Gasteiger partial charge in [-0.3, -0.25) is 0 Å². The van der Waals surface area contributed by atoms with Crippen molar-refractivity contribution in [2.45, 2.75) is 51.3 Å². The highest BCUT2D eigenvalue weighted by Gasteiger charge is 2.09. The van der Waals surface area contributed by atoms with Gasteiger partial charge in [0.1, 0.15) is 18.3 Å². The predicted octanol–water partition coefficient (Wildman–Crippen LogP) is 3.03. The molecule has 0 spiro atoms. The molecule has 94 valence electrons. The highest BCUT2D eigenvalue weighted by atomic mass is 32.2. The van der Waals surface area contributed by atoms with E-state index in [-0.39, 0.29) is 0 Å². The van der Waals surface area contributed by atoms with Crippen LogP contribution in [-0.4, -0.2) is 10.7 Å². The van der Waals surface area contributed by atoms with E-state index < -0.39 is 0 Å². The SMILES string of the molecule is CCSC[n+]1cc[nH]c1CCCCCCC#N. The van der Waals surface area contributed by atoms with E-state index in [1.807, 2.05) is 18.0 Å². The Balaban J connectivity index is 2.18. The molecule has 0 aromatic carbocycles. The molecule has 0 fully saturated rings. The van der Waals surface area contributed by atoms with Gasteiger partial charge < -0.3 is 0 Å². The Kier molecular flexibility index (Phi) is 7.57. The number of aryl methyl sites for hydroxylation is 1. The summed E-state index contributed by atoms with van der Waals surface area (Å²) in [5.74, 6) is 3.53. The summed E-state index contributed by atoms with van der Waals surface area (Å²) in [6.45, 7) is 2.19. The van der Waals surface area contributed by atoms with Crippen molar-refractivity contribution in [3.05, 3.63) is 18.2 Å². The van der Waals surface area contributed by atoms with Crippen LogP contribution in [0.2, 0.25) is 0 Å². The minimum Gasteiger partial charge on any atom is -0.248 e. The summed E-state index contributed by atoms with van der Waals surface area (Å²) in [5, 5.41) is 8.43. The number of unbranched alkanes of at least 4 members (excludes halogenated alkanes) is 4. The van der Waals surface area contributed by atoms with E-state index in [4.69, 9.17) is 5.26 Å². The molecule has 0 unspecified atom stereocenters. The lowest BCUT2D eigenvalue weighted by Gasteiger charge is -2.00. The first-order chi connectivity index (χ1) is 8.38. The molecule has 0 bridgehead atoms. The number of aromatic amines is 1. The Morgan fingerprint density at radius 3 is 2.94 bits per heavy atom. The Hall–Kier alpha value is -0.950. The van der Waals surface area contributed by atoms with Gasteiger partial charge in [0, 0.05) is 12.8 Å². The van der Waals surface area contributed by atoms with Crippen molar-refractivity contribution in [2.24, 2.45) is 0 Å². The lowest BCUT2D eigenvalue weighted by Crippen LogP contribution is -2.34. The fourth-order valence-corrected chi connectivity index (χ4v) is 2.39. The summed E-state index contributed by atoms with van der Waals surface area (Å²) in [6.07, 6.45) is 10.6. The number of H-pyrrole nitrogens is 1. The van der Waals surface area contributed by atoms with Gasteiger partial charge in [-0.05, 0) is 18.6 Å². The molecular weight excluding hydrogens is 230 g/mol. The summed E-state index contributed by atoms with van der Waals surface area (Å²) in [6, 6.07) is 2.19. The van der Waals surface area contributed by atoms with Crippen LogP contribution in [0.15, 0.2) is 12.4 Å². The molecule has 1 N–H and O–H groups in total. The van der Waals surface area contributed by atoms with Gasteiger partial charge in [-0.2, -0.15) is 5.26 Å². The van der Waals surface area contributed by atoms with Crippen LogP contribution in [0.25, 0.3) is 0 Å². The average Bonchev–Trinajstić information content (AvgIpc) is 2.78. The number of imidazole rings is 1. The van der Waals surface area contributed by atoms with Gasteiger partial charge in [0.05, 0.1) is 6.07 Å². The van der Waals surface area contributed by atoms with Gasteiger partial charge in [-0.15, -0.1) is 11.8 Å². The number of nitrogens with zero attached hydrogens (tertiary/aromatic N) is 2. The van der Waals surface area contributed by atoms with Gasteiger partial charge >= 0.3 is 0 Å². The fraction of sp³-hybridized carbons (Fsp3) is 0.692. The van der Waals surface area contributed by atoms with Gasteiger partial charge in [0.2, 0.25) is 0 Å². The smallest absolute Gasteiger partial charge is 0.248 e. The van der Waals surface area contributed by atoms with Gasteiger partial charge in [0.15, 0.2) is 0 Å². The molecule has 0 radical (unpaired) electrons. The van der Waals surface area contributed by atoms with E-state index in [1.54, 1.807) is 0 Å². The number of hydrogen-bond acceptors (Lipinski definition) is 2. The number of rotatable bonds is 9. The molecular formula is C13H22N3S+. The monoisotopic (exact) mass is 252 g/mol. The second-order valence-corrected chi connectivity index (χ2v) is 5.31. The highest BCUT2D eigenvalue weighted by Crippen LogP contribution is 2.06. The van der Waals surface area contributed by atoms with E-state index in [2.05, 4.69) is 28.7 Å². The zero-order chi connectivity index (χ0) is 12.3. The van der Waals surface area contributed by atoms with Crippen LogP contribution in [0.5, 0.6) is 0 Å². The largest absolute Gasteiger partial charge is 0.254 e. The standard InChI is InChI=1S/C13H21N3S/c1-2-17-12-16-11-10-15-13(16)8-6-4-3-5-7-9-14/h10-11H,2-8,12H2,1H3/p+1. The lowest BCUT2D eigenvalue weighted by atomic mass is 10.1. The van der Waals surface area contributed by atoms with Crippen molar-refractivity contribution in [3.63, 3.8) is 0 Å². The first-order valence-corrected chi connectivity index (χ1v) is 7.54. The first kappa shape index (κ1) is 14.1. The molecule has 0 aliphatic rings. The molecule has 0 amide bonds. The minimum atomic E-state index is 0.704. The van der Waals surface area contributed by atoms with Crippen molar-refractivity contribution in [1.29, 1.82) is 5.26 Å². The summed E-state index contributed by atoms with van der Waals surface area (Å²) in [4.78, 5) is 3.31. The molecule has 4 heteroatoms. The summed E-state index contributed by atoms with van der Waals surface area (Å²) in [7, 11) is 0. The third-order valence-electron chi connectivity index (χ3n) is 2.74. The lowest BCUT2D eigenvalue weighted by molar-refractivity contribution is -0.682. The summed E-state index contributed by atoms with van der Waals surface area (Å²) < 4.78 is 2.30. The Labute approximate surface area is 108 Å². The van der Waals surface area contributed by atoms with Gasteiger partial charge in [-0.1, -0.05) is 19.8 Å². The first-order valence-electron chi connectivity index (χ1n) is 6.39. The molecule has 1 aromatic heterocycles. The molecule has 3 nitrogen and oxygen atoms in total. The van der Waals surface area contributed by atoms with E-state index in [0.717, 1.165) is 24.5 Å². The summed E-state index contributed by atoms with van der Waals surface area (Å²) >= 11 is 1.94. The van der Waals surface area contributed by atoms with Gasteiger partial charge in [0.25, 0.3) is 5.82 Å². The maximum absolute atomic E-state index is 8.43. The number of hydrogen-bond donors (Lipinski definition) is 1. The fourth-order valence-electron chi connectivity index (χ4n) is 1.77. The molecule has 17 heavy (non-hydrogen) atoms. The van der Waals surface area contributed by atoms with Crippen molar-refractivity contribution in [1.82, 2.24) is 4.98 Å². The number of aromatic nitrogens is 2. The van der Waals surface area contributed by atoms with Crippen LogP contribution in [0.4, 0.5) is 0 Å². The van der Waals surface area contributed by atoms with E-state index in [1.165, 1.54) is 25.1 Å². The highest BCUT2D eigenvalue weighted by molar-refractivity contribution is 7.98. The molecule has 1 rings (SSSR count). The van der Waals surface area contributed by atoms with Crippen molar-refractivity contribution < 1.29 is 4.57 Å². The van der Waals surface area contributed by atoms with E-state index in [0.29, 0.717) is 6.42 Å². The zero-order valence-corrected chi connectivity index (χ0v) is 11.4. The van der Waals surface area contributed by atoms with Crippen molar-refractivity contribution >= 4 is 11.8 Å². The molecule has 1 heterocycles. The minimum absolute atomic E-state index is 0.704. The molecule has 1 aromatic rings. The molecule has 0 saturated carbocycles. The molecule has 0 saturated heterocycles. The number of thioether (sulfide) groups is 1. The topological polar surface area (TPSA) is 43.5 Å². The zero-order valence-electron chi connectivity index (χ0n) is 10.6. The van der Waals surface area contributed by atoms with Crippen LogP contribution in [0.1, 0.15) is 44.9 Å². The number of nitrogens with one attached hydrogen (secondary N) is 1. The average molecular weight is 252 g/mol. The van der Waals surface area contributed by atoms with Crippen LogP contribution in [-0.2, 0) is 12.3 Å². The van der Waals surface area contributed by atoms with Crippen molar-refractivity contribution in [2.75, 3.05) is 5.75 Å². The van der Waals surface area contributed by atoms with E-state index in [9.17, 15) is 0 Å². The van der Waals surface area contributed by atoms with Crippen LogP contribution < -0.4 is 4.57 Å². The van der Waals surface area contributed by atoms with Crippen LogP contribution in [0, 0.1) is 11.3 Å². The van der Waals surface area contributed by atoms with E-state index >= 15 is 0 Å². The maximum Gasteiger partial charge on any atom is 0.254 e. The van der Waals surface area contributed by atoms with Gasteiger partial charge in [-0.25, -0.2) is 9.55 Å². The molecule has 0 aliphatic heterocycles. The predicted molar refractivity (Wildman–Crippen MR) is 71.5 cm³/mol. The molecule has 0 atom stereocenters. The normalized spacial score (nSPS) is 10.4. The maximum atomic E-state index is 8.43. The summed E-state index contributed by atoms with van der Waals surface area (Å²) in [5.41, 5.74) is 0. The van der Waals surface area contributed by atoms with Crippen LogP contribution >= 0.6 is 11.8 Å². The quantitative estimate of drug-likeness (QED) is 0.542. The Morgan fingerprint density at radius 1 is 1.35 bits per heavy atom. The molecule has 0 aliphatic carbocycles. The van der Waals surface area contributed by atoms with Crippen LogP contribution in [0.3, 0.4) is 0 Å².